The molecular formula is C66H41B3N4. The van der Waals surface area contributed by atoms with Crippen LogP contribution in [0.1, 0.15) is 0 Å². The minimum Gasteiger partial charge on any atom is -0.312 e. The van der Waals surface area contributed by atoms with Gasteiger partial charge in [0.2, 0.25) is 0 Å². The van der Waals surface area contributed by atoms with E-state index in [2.05, 4.69) is 268 Å². The number of para-hydroxylation sites is 6. The first-order valence-corrected chi connectivity index (χ1v) is 25.6. The molecule has 0 saturated heterocycles. The van der Waals surface area contributed by atoms with E-state index in [1.807, 2.05) is 0 Å². The topological polar surface area (TPSA) is 13.0 Å². The lowest BCUT2D eigenvalue weighted by Crippen LogP contribution is -2.72. The molecule has 0 spiro atoms. The van der Waals surface area contributed by atoms with Crippen molar-refractivity contribution in [1.82, 2.24) is 0 Å². The number of benzene rings is 11. The zero-order chi connectivity index (χ0) is 47.5. The second kappa shape index (κ2) is 14.7. The van der Waals surface area contributed by atoms with Crippen molar-refractivity contribution in [2.45, 2.75) is 0 Å². The molecule has 73 heavy (non-hydrogen) atoms. The average molecular weight is 923 g/mol. The fourth-order valence-corrected chi connectivity index (χ4v) is 14.0. The monoisotopic (exact) mass is 922 g/mol. The molecule has 11 aromatic carbocycles. The highest BCUT2D eigenvalue weighted by Gasteiger charge is 2.55. The Morgan fingerprint density at radius 1 is 0.205 bits per heavy atom. The summed E-state index contributed by atoms with van der Waals surface area (Å²) in [6, 6.07) is 93.6. The van der Waals surface area contributed by atoms with Gasteiger partial charge in [0.15, 0.2) is 0 Å². The van der Waals surface area contributed by atoms with Crippen molar-refractivity contribution in [3.8, 4) is 22.3 Å². The Bertz CT molecular complexity index is 3880. The van der Waals surface area contributed by atoms with Crippen LogP contribution in [0, 0.1) is 0 Å². The maximum absolute atomic E-state index is 2.69. The van der Waals surface area contributed by atoms with Gasteiger partial charge >= 0.3 is 0 Å². The van der Waals surface area contributed by atoms with E-state index in [9.17, 15) is 0 Å². The first-order valence-electron chi connectivity index (χ1n) is 25.6. The van der Waals surface area contributed by atoms with Crippen LogP contribution in [-0.4, -0.2) is 20.1 Å². The molecule has 7 heteroatoms. The van der Waals surface area contributed by atoms with Crippen molar-refractivity contribution in [2.24, 2.45) is 0 Å². The van der Waals surface area contributed by atoms with Gasteiger partial charge in [-0.2, -0.15) is 0 Å². The van der Waals surface area contributed by atoms with Crippen molar-refractivity contribution in [3.05, 3.63) is 249 Å². The molecule has 0 fully saturated rings. The lowest BCUT2D eigenvalue weighted by atomic mass is 9.25. The average Bonchev–Trinajstić information content (AvgIpc) is 3.51. The van der Waals surface area contributed by atoms with E-state index in [-0.39, 0.29) is 20.1 Å². The van der Waals surface area contributed by atoms with Crippen LogP contribution in [0.25, 0.3) is 22.3 Å². The highest BCUT2D eigenvalue weighted by atomic mass is 15.2. The number of hydrogen-bond acceptors (Lipinski definition) is 4. The molecule has 0 aliphatic carbocycles. The van der Waals surface area contributed by atoms with Gasteiger partial charge in [-0.25, -0.2) is 0 Å². The van der Waals surface area contributed by atoms with Crippen LogP contribution in [-0.2, 0) is 0 Å². The van der Waals surface area contributed by atoms with Crippen LogP contribution < -0.4 is 68.8 Å². The van der Waals surface area contributed by atoms with Gasteiger partial charge in [-0.3, -0.25) is 0 Å². The summed E-state index contributed by atoms with van der Waals surface area (Å²) in [4.78, 5) is 10.4. The molecule has 11 aromatic rings. The fourth-order valence-electron chi connectivity index (χ4n) is 14.0. The first kappa shape index (κ1) is 39.5. The van der Waals surface area contributed by atoms with Gasteiger partial charge in [-0.1, -0.05) is 176 Å². The molecule has 0 atom stereocenters. The molecule has 6 heterocycles. The molecular weight excluding hydrogens is 881 g/mol. The van der Waals surface area contributed by atoms with Crippen LogP contribution in [0.2, 0.25) is 0 Å². The number of nitrogens with zero attached hydrogens (tertiary/aromatic N) is 4. The van der Waals surface area contributed by atoms with Crippen molar-refractivity contribution in [3.63, 3.8) is 0 Å². The van der Waals surface area contributed by atoms with Crippen LogP contribution in [0.15, 0.2) is 249 Å². The molecule has 0 saturated carbocycles. The summed E-state index contributed by atoms with van der Waals surface area (Å²) in [7, 11) is 0. The van der Waals surface area contributed by atoms with Gasteiger partial charge in [0.05, 0.1) is 0 Å². The molecule has 17 rings (SSSR count). The maximum atomic E-state index is 2.69. The Morgan fingerprint density at radius 3 is 0.863 bits per heavy atom. The van der Waals surface area contributed by atoms with Gasteiger partial charge in [0.1, 0.15) is 0 Å². The zero-order valence-corrected chi connectivity index (χ0v) is 39.7. The lowest BCUT2D eigenvalue weighted by molar-refractivity contribution is 1.24. The third-order valence-corrected chi connectivity index (χ3v) is 16.7. The van der Waals surface area contributed by atoms with E-state index in [4.69, 9.17) is 0 Å². The molecule has 334 valence electrons. The number of fused-ring (bicyclic) bond motifs is 14. The summed E-state index contributed by atoms with van der Waals surface area (Å²) >= 11 is 0. The van der Waals surface area contributed by atoms with Crippen molar-refractivity contribution < 1.29 is 0 Å². The summed E-state index contributed by atoms with van der Waals surface area (Å²) in [5, 5.41) is 0. The van der Waals surface area contributed by atoms with Gasteiger partial charge in [-0.05, 0) is 144 Å². The van der Waals surface area contributed by atoms with E-state index >= 15 is 0 Å². The van der Waals surface area contributed by atoms with Gasteiger partial charge in [-0.15, -0.1) is 0 Å². The second-order valence-corrected chi connectivity index (χ2v) is 20.3. The van der Waals surface area contributed by atoms with E-state index in [0.29, 0.717) is 0 Å². The van der Waals surface area contributed by atoms with Crippen LogP contribution in [0.4, 0.5) is 68.2 Å². The minimum atomic E-state index is -0.0451. The Balaban J connectivity index is 1.04. The largest absolute Gasteiger partial charge is 0.312 e. The van der Waals surface area contributed by atoms with Gasteiger partial charge in [0, 0.05) is 68.2 Å². The van der Waals surface area contributed by atoms with E-state index in [1.54, 1.807) is 0 Å². The zero-order valence-electron chi connectivity index (χ0n) is 39.7. The first-order chi connectivity index (χ1) is 36.3. The van der Waals surface area contributed by atoms with Gasteiger partial charge in [0.25, 0.3) is 20.1 Å². The van der Waals surface area contributed by atoms with Crippen LogP contribution in [0.3, 0.4) is 0 Å². The van der Waals surface area contributed by atoms with Crippen LogP contribution in [0.5, 0.6) is 0 Å². The van der Waals surface area contributed by atoms with Crippen LogP contribution >= 0.6 is 0 Å². The molecule has 6 aliphatic rings. The predicted octanol–water partition coefficient (Wildman–Crippen LogP) is 10.3. The summed E-state index contributed by atoms with van der Waals surface area (Å²) in [6.07, 6.45) is 0. The third-order valence-electron chi connectivity index (χ3n) is 16.7. The summed E-state index contributed by atoms with van der Waals surface area (Å²) < 4.78 is 0. The smallest absolute Gasteiger partial charge is 0.252 e. The molecule has 0 radical (unpaired) electrons. The third kappa shape index (κ3) is 5.23. The van der Waals surface area contributed by atoms with Gasteiger partial charge < -0.3 is 19.6 Å². The molecule has 0 amide bonds. The number of anilines is 12. The van der Waals surface area contributed by atoms with E-state index in [0.717, 1.165) is 11.4 Å². The van der Waals surface area contributed by atoms with E-state index in [1.165, 1.54) is 128 Å². The molecule has 0 bridgehead atoms. The molecule has 4 nitrogen and oxygen atoms in total. The Labute approximate surface area is 425 Å². The molecule has 0 unspecified atom stereocenters. The van der Waals surface area contributed by atoms with Crippen molar-refractivity contribution in [2.75, 3.05) is 19.6 Å². The highest BCUT2D eigenvalue weighted by Crippen LogP contribution is 2.51. The normalized spacial score (nSPS) is 14.1. The van der Waals surface area contributed by atoms with E-state index < -0.39 is 0 Å². The Hall–Kier alpha value is -9.19. The summed E-state index contributed by atoms with van der Waals surface area (Å²) in [5.41, 5.74) is 31.7. The molecule has 0 N–H and O–H groups in total. The lowest BCUT2D eigenvalue weighted by Gasteiger charge is -2.53. The molecule has 0 aromatic heterocycles. The Morgan fingerprint density at radius 2 is 0.493 bits per heavy atom. The summed E-state index contributed by atoms with van der Waals surface area (Å²) in [5.74, 6) is 0. The standard InChI is InChI=1S/C66H41B3N4/c1-5-21-42(22-6-1)44-37-58-62-60(39-44)72-56-35-19-15-31-50(56)67-51-32-16-20-36-57(51)73-61-40-45(43-23-7-2-8-24-43)38-59-63(61)69(49-30-14-18-34-55(49)71(59)47-27-11-4-12-28-47)53-41-52(65(72)64(67)66(53)73)68(62)48-29-13-17-33-54(48)70(58)46-25-9-3-10-26-46/h1-41H. The van der Waals surface area contributed by atoms with Crippen molar-refractivity contribution >= 4 is 138 Å². The SMILES string of the molecule is c1ccc(-c2cc3c4c(c2)N2c5ccccc5B5c6ccccc6N6c7cc(-c8ccccc8)cc8c7B(c7ccccc7N8c7ccccc7)c7cc(c2c5c76)B4c2ccccc2N3c2ccccc2)cc1. The minimum absolute atomic E-state index is 0.000411. The van der Waals surface area contributed by atoms with Crippen molar-refractivity contribution in [1.29, 1.82) is 0 Å². The highest BCUT2D eigenvalue weighted by molar-refractivity contribution is 7.07. The second-order valence-electron chi connectivity index (χ2n) is 20.3. The quantitative estimate of drug-likeness (QED) is 0.163. The summed E-state index contributed by atoms with van der Waals surface area (Å²) in [6.45, 7) is -0.0906. The Kier molecular flexibility index (Phi) is 7.96. The number of rotatable bonds is 4. The fraction of sp³-hybridized carbons (Fsp3) is 0. The number of hydrogen-bond donors (Lipinski definition) is 0. The molecule has 6 aliphatic heterocycles. The maximum Gasteiger partial charge on any atom is 0.252 e. The predicted molar refractivity (Wildman–Crippen MR) is 310 cm³/mol.